The molecule has 0 amide bonds. The Morgan fingerprint density at radius 2 is 2.11 bits per heavy atom. The molecule has 1 unspecified atom stereocenters. The van der Waals surface area contributed by atoms with Gasteiger partial charge in [0.05, 0.1) is 23.5 Å². The maximum Gasteiger partial charge on any atom is 0.0668 e. The van der Waals surface area contributed by atoms with Gasteiger partial charge in [-0.2, -0.15) is 5.10 Å². The molecular weight excluding hydrogens is 222 g/mol. The standard InChI is InChI=1S/C15H17N3/c1-2-6-14(16)10-9-13-11-17-18(12-13)15-7-4-3-5-8-15/h3-5,7-8,11-12,14H,2,6,16H2,1H3. The number of benzene rings is 1. The smallest absolute Gasteiger partial charge is 0.0668 e. The maximum absolute atomic E-state index is 5.85. The van der Waals surface area contributed by atoms with Crippen LogP contribution in [-0.2, 0) is 0 Å². The molecule has 0 aliphatic heterocycles. The van der Waals surface area contributed by atoms with Crippen molar-refractivity contribution >= 4 is 0 Å². The SMILES string of the molecule is CCCC(N)C#Cc1cnn(-c2ccccc2)c1. The predicted molar refractivity (Wildman–Crippen MR) is 73.3 cm³/mol. The Hall–Kier alpha value is -2.05. The Bertz CT molecular complexity index is 546. The van der Waals surface area contributed by atoms with Crippen LogP contribution in [0.5, 0.6) is 0 Å². The molecule has 1 heterocycles. The minimum atomic E-state index is -0.0462. The molecule has 1 atom stereocenters. The van der Waals surface area contributed by atoms with Gasteiger partial charge in [0, 0.05) is 6.20 Å². The zero-order chi connectivity index (χ0) is 12.8. The number of nitrogens with zero attached hydrogens (tertiary/aromatic N) is 2. The van der Waals surface area contributed by atoms with Gasteiger partial charge in [0.25, 0.3) is 0 Å². The molecule has 0 radical (unpaired) electrons. The van der Waals surface area contributed by atoms with Gasteiger partial charge in [-0.3, -0.25) is 0 Å². The first-order valence-electron chi connectivity index (χ1n) is 6.17. The second-order valence-electron chi connectivity index (χ2n) is 4.17. The summed E-state index contributed by atoms with van der Waals surface area (Å²) in [6, 6.07) is 9.92. The van der Waals surface area contributed by atoms with Crippen LogP contribution in [0.25, 0.3) is 5.69 Å². The molecule has 2 rings (SSSR count). The lowest BCUT2D eigenvalue weighted by molar-refractivity contribution is 0.720. The summed E-state index contributed by atoms with van der Waals surface area (Å²) in [5.41, 5.74) is 7.77. The van der Waals surface area contributed by atoms with Crippen LogP contribution in [0, 0.1) is 11.8 Å². The molecular formula is C15H17N3. The molecule has 1 aromatic heterocycles. The first-order chi connectivity index (χ1) is 8.79. The van der Waals surface area contributed by atoms with Crippen molar-refractivity contribution in [2.75, 3.05) is 0 Å². The highest BCUT2D eigenvalue weighted by Crippen LogP contribution is 2.06. The van der Waals surface area contributed by atoms with E-state index in [1.165, 1.54) is 0 Å². The van der Waals surface area contributed by atoms with E-state index in [-0.39, 0.29) is 6.04 Å². The van der Waals surface area contributed by atoms with Crippen molar-refractivity contribution in [3.63, 3.8) is 0 Å². The van der Waals surface area contributed by atoms with Crippen LogP contribution in [0.4, 0.5) is 0 Å². The fraction of sp³-hybridized carbons (Fsp3) is 0.267. The molecule has 2 aromatic rings. The third kappa shape index (κ3) is 3.22. The van der Waals surface area contributed by atoms with Crippen molar-refractivity contribution in [2.24, 2.45) is 5.73 Å². The number of aromatic nitrogens is 2. The van der Waals surface area contributed by atoms with Crippen molar-refractivity contribution in [1.82, 2.24) is 9.78 Å². The van der Waals surface area contributed by atoms with Crippen molar-refractivity contribution < 1.29 is 0 Å². The van der Waals surface area contributed by atoms with Gasteiger partial charge in [-0.15, -0.1) is 0 Å². The predicted octanol–water partition coefficient (Wildman–Crippen LogP) is 2.35. The molecule has 18 heavy (non-hydrogen) atoms. The van der Waals surface area contributed by atoms with Crippen molar-refractivity contribution in [3.05, 3.63) is 48.3 Å². The summed E-state index contributed by atoms with van der Waals surface area (Å²) in [5, 5.41) is 4.28. The van der Waals surface area contributed by atoms with Crippen LogP contribution in [-0.4, -0.2) is 15.8 Å². The van der Waals surface area contributed by atoms with Crippen molar-refractivity contribution in [1.29, 1.82) is 0 Å². The molecule has 2 N–H and O–H groups in total. The molecule has 0 saturated heterocycles. The van der Waals surface area contributed by atoms with E-state index in [1.54, 1.807) is 6.20 Å². The van der Waals surface area contributed by atoms with Crippen LogP contribution in [0.3, 0.4) is 0 Å². The van der Waals surface area contributed by atoms with Gasteiger partial charge < -0.3 is 5.73 Å². The Kier molecular flexibility index (Phi) is 4.16. The van der Waals surface area contributed by atoms with Crippen LogP contribution >= 0.6 is 0 Å². The largest absolute Gasteiger partial charge is 0.318 e. The molecule has 0 aliphatic rings. The molecule has 0 spiro atoms. The van der Waals surface area contributed by atoms with Gasteiger partial charge in [-0.1, -0.05) is 43.4 Å². The van der Waals surface area contributed by atoms with Crippen LogP contribution in [0.15, 0.2) is 42.7 Å². The van der Waals surface area contributed by atoms with Gasteiger partial charge in [-0.25, -0.2) is 4.68 Å². The van der Waals surface area contributed by atoms with Crippen LogP contribution in [0.1, 0.15) is 25.3 Å². The third-order valence-corrected chi connectivity index (χ3v) is 2.60. The Labute approximate surface area is 108 Å². The van der Waals surface area contributed by atoms with E-state index in [0.717, 1.165) is 24.1 Å². The summed E-state index contributed by atoms with van der Waals surface area (Å²) >= 11 is 0. The van der Waals surface area contributed by atoms with Crippen LogP contribution < -0.4 is 5.73 Å². The van der Waals surface area contributed by atoms with Gasteiger partial charge in [0.1, 0.15) is 0 Å². The first-order valence-corrected chi connectivity index (χ1v) is 6.17. The molecule has 1 aromatic carbocycles. The Morgan fingerprint density at radius 1 is 1.33 bits per heavy atom. The Morgan fingerprint density at radius 3 is 2.83 bits per heavy atom. The summed E-state index contributed by atoms with van der Waals surface area (Å²) in [6.07, 6.45) is 5.67. The number of rotatable bonds is 3. The fourth-order valence-corrected chi connectivity index (χ4v) is 1.67. The highest BCUT2D eigenvalue weighted by Gasteiger charge is 1.98. The molecule has 0 bridgehead atoms. The second kappa shape index (κ2) is 6.04. The monoisotopic (exact) mass is 239 g/mol. The summed E-state index contributed by atoms with van der Waals surface area (Å²) in [5.74, 6) is 6.10. The highest BCUT2D eigenvalue weighted by molar-refractivity contribution is 5.36. The second-order valence-corrected chi connectivity index (χ2v) is 4.17. The van der Waals surface area contributed by atoms with Crippen molar-refractivity contribution in [3.8, 4) is 17.5 Å². The van der Waals surface area contributed by atoms with E-state index in [4.69, 9.17) is 5.73 Å². The lowest BCUT2D eigenvalue weighted by Gasteiger charge is -1.98. The van der Waals surface area contributed by atoms with E-state index in [0.29, 0.717) is 0 Å². The first kappa shape index (κ1) is 12.4. The number of nitrogens with two attached hydrogens (primary N) is 1. The van der Waals surface area contributed by atoms with E-state index < -0.39 is 0 Å². The summed E-state index contributed by atoms with van der Waals surface area (Å²) in [7, 11) is 0. The third-order valence-electron chi connectivity index (χ3n) is 2.60. The van der Waals surface area contributed by atoms with E-state index >= 15 is 0 Å². The van der Waals surface area contributed by atoms with Gasteiger partial charge in [0.15, 0.2) is 0 Å². The maximum atomic E-state index is 5.85. The molecule has 0 fully saturated rings. The molecule has 92 valence electrons. The molecule has 0 aliphatic carbocycles. The van der Waals surface area contributed by atoms with Gasteiger partial charge in [-0.05, 0) is 18.6 Å². The molecule has 0 saturated carbocycles. The quantitative estimate of drug-likeness (QED) is 0.836. The highest BCUT2D eigenvalue weighted by atomic mass is 15.3. The van der Waals surface area contributed by atoms with E-state index in [1.807, 2.05) is 41.2 Å². The lowest BCUT2D eigenvalue weighted by atomic mass is 10.2. The summed E-state index contributed by atoms with van der Waals surface area (Å²) in [6.45, 7) is 2.11. The number of hydrogen-bond donors (Lipinski definition) is 1. The average Bonchev–Trinajstić information content (AvgIpc) is 2.87. The zero-order valence-corrected chi connectivity index (χ0v) is 10.5. The summed E-state index contributed by atoms with van der Waals surface area (Å²) in [4.78, 5) is 0. The summed E-state index contributed by atoms with van der Waals surface area (Å²) < 4.78 is 1.81. The van der Waals surface area contributed by atoms with E-state index in [9.17, 15) is 0 Å². The lowest BCUT2D eigenvalue weighted by Crippen LogP contribution is -2.16. The van der Waals surface area contributed by atoms with Gasteiger partial charge in [0.2, 0.25) is 0 Å². The number of hydrogen-bond acceptors (Lipinski definition) is 2. The average molecular weight is 239 g/mol. The topological polar surface area (TPSA) is 43.8 Å². The molecule has 3 heteroatoms. The normalized spacial score (nSPS) is 11.7. The van der Waals surface area contributed by atoms with Crippen LogP contribution in [0.2, 0.25) is 0 Å². The Balaban J connectivity index is 2.12. The zero-order valence-electron chi connectivity index (χ0n) is 10.5. The van der Waals surface area contributed by atoms with Gasteiger partial charge >= 0.3 is 0 Å². The van der Waals surface area contributed by atoms with Crippen molar-refractivity contribution in [2.45, 2.75) is 25.8 Å². The minimum absolute atomic E-state index is 0.0462. The number of para-hydroxylation sites is 1. The minimum Gasteiger partial charge on any atom is -0.318 e. The fourth-order valence-electron chi connectivity index (χ4n) is 1.67. The van der Waals surface area contributed by atoms with E-state index in [2.05, 4.69) is 23.9 Å². The molecule has 3 nitrogen and oxygen atoms in total.